The van der Waals surface area contributed by atoms with Crippen molar-refractivity contribution in [2.75, 3.05) is 6.54 Å². The van der Waals surface area contributed by atoms with Crippen LogP contribution in [-0.4, -0.2) is 29.0 Å². The van der Waals surface area contributed by atoms with Gasteiger partial charge in [-0.3, -0.25) is 19.3 Å². The Kier molecular flexibility index (Phi) is 4.00. The minimum atomic E-state index is -0.206. The second-order valence-corrected chi connectivity index (χ2v) is 4.00. The van der Waals surface area contributed by atoms with E-state index in [0.29, 0.717) is 19.3 Å². The number of nitrogens with zero attached hydrogens (tertiary/aromatic N) is 1. The van der Waals surface area contributed by atoms with Gasteiger partial charge in [0.2, 0.25) is 11.8 Å². The summed E-state index contributed by atoms with van der Waals surface area (Å²) in [5.74, 6) is -0.514. The monoisotopic (exact) mass is 211 g/mol. The van der Waals surface area contributed by atoms with Gasteiger partial charge in [0.15, 0.2) is 5.78 Å². The normalized spacial score (nSPS) is 19.2. The zero-order chi connectivity index (χ0) is 11.4. The highest BCUT2D eigenvalue weighted by atomic mass is 16.2. The molecule has 0 aromatic carbocycles. The van der Waals surface area contributed by atoms with Crippen molar-refractivity contribution in [2.45, 2.75) is 39.5 Å². The standard InChI is InChI=1S/C11H17NO3/c1-3-8(2)9(13)7-12-10(14)5-4-6-11(12)15/h8H,3-7H2,1-2H3. The smallest absolute Gasteiger partial charge is 0.229 e. The number of imide groups is 1. The van der Waals surface area contributed by atoms with Crippen LogP contribution in [-0.2, 0) is 14.4 Å². The zero-order valence-corrected chi connectivity index (χ0v) is 9.28. The van der Waals surface area contributed by atoms with E-state index in [0.717, 1.165) is 11.3 Å². The van der Waals surface area contributed by atoms with E-state index in [-0.39, 0.29) is 30.1 Å². The SMILES string of the molecule is CCC(C)C(=O)CN1C(=O)CCCC1=O. The Labute approximate surface area is 89.6 Å². The number of Topliss-reactive ketones (excluding diaryl/α,β-unsaturated/α-hetero) is 1. The van der Waals surface area contributed by atoms with E-state index in [4.69, 9.17) is 0 Å². The van der Waals surface area contributed by atoms with Gasteiger partial charge in [0.25, 0.3) is 0 Å². The fourth-order valence-electron chi connectivity index (χ4n) is 1.52. The lowest BCUT2D eigenvalue weighted by molar-refractivity contribution is -0.150. The molecule has 1 atom stereocenters. The summed E-state index contributed by atoms with van der Waals surface area (Å²) >= 11 is 0. The van der Waals surface area contributed by atoms with Gasteiger partial charge < -0.3 is 0 Å². The molecule has 1 unspecified atom stereocenters. The molecule has 1 aliphatic heterocycles. The molecule has 1 heterocycles. The summed E-state index contributed by atoms with van der Waals surface area (Å²) < 4.78 is 0. The van der Waals surface area contributed by atoms with Crippen molar-refractivity contribution in [3.63, 3.8) is 0 Å². The number of rotatable bonds is 4. The molecule has 0 spiro atoms. The Bertz CT molecular complexity index is 270. The van der Waals surface area contributed by atoms with E-state index in [1.165, 1.54) is 0 Å². The molecule has 2 amide bonds. The summed E-state index contributed by atoms with van der Waals surface area (Å²) in [7, 11) is 0. The Morgan fingerprint density at radius 2 is 1.87 bits per heavy atom. The summed E-state index contributed by atoms with van der Waals surface area (Å²) in [5, 5.41) is 0. The van der Waals surface area contributed by atoms with Crippen LogP contribution in [0.1, 0.15) is 39.5 Å². The van der Waals surface area contributed by atoms with Crippen molar-refractivity contribution in [1.82, 2.24) is 4.90 Å². The summed E-state index contributed by atoms with van der Waals surface area (Å²) in [4.78, 5) is 35.5. The van der Waals surface area contributed by atoms with Gasteiger partial charge in [0.05, 0.1) is 6.54 Å². The van der Waals surface area contributed by atoms with E-state index in [1.54, 1.807) is 0 Å². The number of hydrogen-bond donors (Lipinski definition) is 0. The van der Waals surface area contributed by atoms with Crippen LogP contribution in [0.25, 0.3) is 0 Å². The topological polar surface area (TPSA) is 54.5 Å². The maximum Gasteiger partial charge on any atom is 0.229 e. The summed E-state index contributed by atoms with van der Waals surface area (Å²) in [6.45, 7) is 3.70. The van der Waals surface area contributed by atoms with Crippen LogP contribution in [0.5, 0.6) is 0 Å². The summed E-state index contributed by atoms with van der Waals surface area (Å²) in [6, 6.07) is 0. The molecule has 1 aliphatic rings. The predicted molar refractivity (Wildman–Crippen MR) is 55.0 cm³/mol. The maximum atomic E-state index is 11.6. The Morgan fingerprint density at radius 1 is 1.33 bits per heavy atom. The Hall–Kier alpha value is -1.19. The first-order chi connectivity index (χ1) is 7.06. The lowest BCUT2D eigenvalue weighted by atomic mass is 10.0. The van der Waals surface area contributed by atoms with Gasteiger partial charge in [0.1, 0.15) is 0 Å². The first-order valence-electron chi connectivity index (χ1n) is 5.42. The van der Waals surface area contributed by atoms with Gasteiger partial charge in [-0.15, -0.1) is 0 Å². The molecule has 4 nitrogen and oxygen atoms in total. The molecular formula is C11H17NO3. The zero-order valence-electron chi connectivity index (χ0n) is 9.28. The molecule has 1 fully saturated rings. The quantitative estimate of drug-likeness (QED) is 0.655. The number of carbonyl (C=O) groups excluding carboxylic acids is 3. The molecule has 1 rings (SSSR count). The average molecular weight is 211 g/mol. The first-order valence-corrected chi connectivity index (χ1v) is 5.42. The molecule has 0 bridgehead atoms. The molecule has 84 valence electrons. The third kappa shape index (κ3) is 2.88. The van der Waals surface area contributed by atoms with Gasteiger partial charge in [-0.05, 0) is 12.8 Å². The molecular weight excluding hydrogens is 194 g/mol. The van der Waals surface area contributed by atoms with Crippen LogP contribution in [0.15, 0.2) is 0 Å². The molecule has 0 aliphatic carbocycles. The van der Waals surface area contributed by atoms with Gasteiger partial charge in [0, 0.05) is 18.8 Å². The van der Waals surface area contributed by atoms with Crippen molar-refractivity contribution < 1.29 is 14.4 Å². The lowest BCUT2D eigenvalue weighted by Gasteiger charge is -2.25. The molecule has 0 aromatic rings. The third-order valence-corrected chi connectivity index (χ3v) is 2.86. The van der Waals surface area contributed by atoms with Crippen molar-refractivity contribution in [3.05, 3.63) is 0 Å². The van der Waals surface area contributed by atoms with E-state index < -0.39 is 0 Å². The highest BCUT2D eigenvalue weighted by Crippen LogP contribution is 2.13. The van der Waals surface area contributed by atoms with Crippen molar-refractivity contribution in [2.24, 2.45) is 5.92 Å². The highest BCUT2D eigenvalue weighted by molar-refractivity contribution is 6.01. The van der Waals surface area contributed by atoms with Crippen molar-refractivity contribution in [3.8, 4) is 0 Å². The Morgan fingerprint density at radius 3 is 2.33 bits per heavy atom. The summed E-state index contributed by atoms with van der Waals surface area (Å²) in [6.07, 6.45) is 2.14. The van der Waals surface area contributed by atoms with E-state index in [1.807, 2.05) is 13.8 Å². The van der Waals surface area contributed by atoms with Crippen LogP contribution in [0.3, 0.4) is 0 Å². The number of amides is 2. The van der Waals surface area contributed by atoms with Crippen molar-refractivity contribution >= 4 is 17.6 Å². The molecule has 4 heteroatoms. The van der Waals surface area contributed by atoms with Crippen LogP contribution in [0.4, 0.5) is 0 Å². The minimum Gasteiger partial charge on any atom is -0.297 e. The number of likely N-dealkylation sites (tertiary alicyclic amines) is 1. The second kappa shape index (κ2) is 5.05. The van der Waals surface area contributed by atoms with Crippen LogP contribution in [0, 0.1) is 5.92 Å². The largest absolute Gasteiger partial charge is 0.297 e. The Balaban J connectivity index is 2.59. The average Bonchev–Trinajstić information content (AvgIpc) is 2.22. The second-order valence-electron chi connectivity index (χ2n) is 4.00. The predicted octanol–water partition coefficient (Wildman–Crippen LogP) is 1.14. The van der Waals surface area contributed by atoms with E-state index in [9.17, 15) is 14.4 Å². The van der Waals surface area contributed by atoms with Crippen molar-refractivity contribution in [1.29, 1.82) is 0 Å². The number of ketones is 1. The maximum absolute atomic E-state index is 11.6. The molecule has 0 aromatic heterocycles. The van der Waals surface area contributed by atoms with Crippen LogP contribution < -0.4 is 0 Å². The highest BCUT2D eigenvalue weighted by Gasteiger charge is 2.28. The number of hydrogen-bond acceptors (Lipinski definition) is 3. The molecule has 0 radical (unpaired) electrons. The molecule has 0 N–H and O–H groups in total. The fourth-order valence-corrected chi connectivity index (χ4v) is 1.52. The first kappa shape index (κ1) is 11.9. The van der Waals surface area contributed by atoms with Crippen LogP contribution in [0.2, 0.25) is 0 Å². The fraction of sp³-hybridized carbons (Fsp3) is 0.727. The van der Waals surface area contributed by atoms with Gasteiger partial charge in [-0.2, -0.15) is 0 Å². The molecule has 1 saturated heterocycles. The minimum absolute atomic E-state index is 0.0268. The molecule has 0 saturated carbocycles. The lowest BCUT2D eigenvalue weighted by Crippen LogP contribution is -2.44. The van der Waals surface area contributed by atoms with E-state index >= 15 is 0 Å². The van der Waals surface area contributed by atoms with E-state index in [2.05, 4.69) is 0 Å². The van der Waals surface area contributed by atoms with Crippen LogP contribution >= 0.6 is 0 Å². The number of piperidine rings is 1. The van der Waals surface area contributed by atoms with Gasteiger partial charge in [-0.25, -0.2) is 0 Å². The van der Waals surface area contributed by atoms with Gasteiger partial charge in [-0.1, -0.05) is 13.8 Å². The molecule has 15 heavy (non-hydrogen) atoms. The number of carbonyl (C=O) groups is 3. The summed E-state index contributed by atoms with van der Waals surface area (Å²) in [5.41, 5.74) is 0. The third-order valence-electron chi connectivity index (χ3n) is 2.86. The van der Waals surface area contributed by atoms with Gasteiger partial charge >= 0.3 is 0 Å².